The van der Waals surface area contributed by atoms with E-state index in [1.165, 1.54) is 0 Å². The van der Waals surface area contributed by atoms with Crippen LogP contribution in [0.2, 0.25) is 0 Å². The standard InChI is InChI=1S/C16H23N3O4S/c1-13-4-5-15(10-14(13)2)19(24(3,22)23)11-16(21)18-8-6-17(12-20)7-9-18/h4-5,10,12H,6-9,11H2,1-3H3. The number of carbonyl (C=O) groups excluding carboxylic acids is 2. The molecule has 1 aliphatic heterocycles. The normalized spacial score (nSPS) is 15.3. The van der Waals surface area contributed by atoms with E-state index in [4.69, 9.17) is 0 Å². The number of aryl methyl sites for hydroxylation is 2. The van der Waals surface area contributed by atoms with E-state index in [9.17, 15) is 18.0 Å². The first-order chi connectivity index (χ1) is 11.2. The molecule has 8 heteroatoms. The second-order valence-corrected chi connectivity index (χ2v) is 7.97. The van der Waals surface area contributed by atoms with Crippen molar-refractivity contribution in [2.75, 3.05) is 43.3 Å². The SMILES string of the molecule is Cc1ccc(N(CC(=O)N2CCN(C=O)CC2)S(C)(=O)=O)cc1C. The van der Waals surface area contributed by atoms with E-state index in [2.05, 4.69) is 0 Å². The molecular formula is C16H23N3O4S. The highest BCUT2D eigenvalue weighted by atomic mass is 32.2. The van der Waals surface area contributed by atoms with E-state index in [1.807, 2.05) is 19.9 Å². The van der Waals surface area contributed by atoms with Gasteiger partial charge in [-0.2, -0.15) is 0 Å². The van der Waals surface area contributed by atoms with Gasteiger partial charge in [0.05, 0.1) is 11.9 Å². The van der Waals surface area contributed by atoms with Crippen LogP contribution in [-0.4, -0.2) is 69.5 Å². The maximum Gasteiger partial charge on any atom is 0.243 e. The number of carbonyl (C=O) groups is 2. The number of anilines is 1. The maximum atomic E-state index is 12.5. The quantitative estimate of drug-likeness (QED) is 0.717. The molecular weight excluding hydrogens is 330 g/mol. The minimum Gasteiger partial charge on any atom is -0.342 e. The summed E-state index contributed by atoms with van der Waals surface area (Å²) in [6.07, 6.45) is 1.86. The zero-order valence-electron chi connectivity index (χ0n) is 14.2. The molecule has 0 aromatic heterocycles. The molecule has 0 N–H and O–H groups in total. The highest BCUT2D eigenvalue weighted by molar-refractivity contribution is 7.92. The molecule has 0 unspecified atom stereocenters. The monoisotopic (exact) mass is 353 g/mol. The Hall–Kier alpha value is -2.09. The summed E-state index contributed by atoms with van der Waals surface area (Å²) in [6.45, 7) is 5.39. The fraction of sp³-hybridized carbons (Fsp3) is 0.500. The second kappa shape index (κ2) is 7.21. The van der Waals surface area contributed by atoms with Crippen LogP contribution in [0.4, 0.5) is 5.69 Å². The van der Waals surface area contributed by atoms with Gasteiger partial charge in [0.25, 0.3) is 0 Å². The minimum absolute atomic E-state index is 0.234. The van der Waals surface area contributed by atoms with Gasteiger partial charge in [0.15, 0.2) is 0 Å². The van der Waals surface area contributed by atoms with Crippen LogP contribution in [0.15, 0.2) is 18.2 Å². The van der Waals surface area contributed by atoms with E-state index in [0.29, 0.717) is 31.9 Å². The molecule has 1 heterocycles. The lowest BCUT2D eigenvalue weighted by atomic mass is 10.1. The van der Waals surface area contributed by atoms with Crippen molar-refractivity contribution in [2.45, 2.75) is 13.8 Å². The van der Waals surface area contributed by atoms with E-state index in [0.717, 1.165) is 28.1 Å². The second-order valence-electron chi connectivity index (χ2n) is 6.06. The summed E-state index contributed by atoms with van der Waals surface area (Å²) < 4.78 is 25.4. The lowest BCUT2D eigenvalue weighted by Crippen LogP contribution is -2.51. The Morgan fingerprint density at radius 1 is 1.17 bits per heavy atom. The number of nitrogens with zero attached hydrogens (tertiary/aromatic N) is 3. The van der Waals surface area contributed by atoms with Crippen molar-refractivity contribution in [3.8, 4) is 0 Å². The molecule has 0 radical (unpaired) electrons. The Bertz CT molecular complexity index is 725. The summed E-state index contributed by atoms with van der Waals surface area (Å²) in [4.78, 5) is 26.4. The molecule has 132 valence electrons. The Morgan fingerprint density at radius 2 is 1.79 bits per heavy atom. The van der Waals surface area contributed by atoms with Crippen LogP contribution in [0.25, 0.3) is 0 Å². The average Bonchev–Trinajstić information content (AvgIpc) is 2.54. The molecule has 0 aliphatic carbocycles. The molecule has 1 aromatic carbocycles. The predicted octanol–water partition coefficient (Wildman–Crippen LogP) is 0.370. The third-order valence-electron chi connectivity index (χ3n) is 4.27. The van der Waals surface area contributed by atoms with E-state index in [-0.39, 0.29) is 12.5 Å². The molecule has 1 aliphatic rings. The first-order valence-electron chi connectivity index (χ1n) is 7.74. The van der Waals surface area contributed by atoms with Crippen molar-refractivity contribution in [1.82, 2.24) is 9.80 Å². The summed E-state index contributed by atoms with van der Waals surface area (Å²) in [7, 11) is -3.58. The molecule has 2 rings (SSSR count). The number of hydrogen-bond donors (Lipinski definition) is 0. The highest BCUT2D eigenvalue weighted by Gasteiger charge is 2.26. The van der Waals surface area contributed by atoms with Gasteiger partial charge in [0.1, 0.15) is 6.54 Å². The lowest BCUT2D eigenvalue weighted by Gasteiger charge is -2.34. The summed E-state index contributed by atoms with van der Waals surface area (Å²) >= 11 is 0. The minimum atomic E-state index is -3.58. The smallest absolute Gasteiger partial charge is 0.243 e. The van der Waals surface area contributed by atoms with Gasteiger partial charge < -0.3 is 9.80 Å². The fourth-order valence-corrected chi connectivity index (χ4v) is 3.42. The fourth-order valence-electron chi connectivity index (χ4n) is 2.58. The van der Waals surface area contributed by atoms with Gasteiger partial charge in [0, 0.05) is 26.2 Å². The lowest BCUT2D eigenvalue weighted by molar-refractivity contribution is -0.133. The van der Waals surface area contributed by atoms with Crippen LogP contribution in [-0.2, 0) is 19.6 Å². The van der Waals surface area contributed by atoms with Crippen molar-refractivity contribution in [3.05, 3.63) is 29.3 Å². The van der Waals surface area contributed by atoms with E-state index < -0.39 is 10.0 Å². The van der Waals surface area contributed by atoms with Gasteiger partial charge in [-0.1, -0.05) is 6.07 Å². The first-order valence-corrected chi connectivity index (χ1v) is 9.59. The zero-order valence-corrected chi connectivity index (χ0v) is 15.0. The van der Waals surface area contributed by atoms with Crippen LogP contribution in [0.5, 0.6) is 0 Å². The number of sulfonamides is 1. The summed E-state index contributed by atoms with van der Waals surface area (Å²) in [5.74, 6) is -0.260. The Kier molecular flexibility index (Phi) is 5.48. The molecule has 24 heavy (non-hydrogen) atoms. The highest BCUT2D eigenvalue weighted by Crippen LogP contribution is 2.21. The third kappa shape index (κ3) is 4.25. The van der Waals surface area contributed by atoms with E-state index in [1.54, 1.807) is 21.9 Å². The van der Waals surface area contributed by atoms with Crippen LogP contribution in [0, 0.1) is 13.8 Å². The molecule has 1 fully saturated rings. The molecule has 1 saturated heterocycles. The number of amides is 2. The molecule has 7 nitrogen and oxygen atoms in total. The largest absolute Gasteiger partial charge is 0.342 e. The third-order valence-corrected chi connectivity index (χ3v) is 5.41. The number of benzene rings is 1. The van der Waals surface area contributed by atoms with Gasteiger partial charge in [-0.15, -0.1) is 0 Å². The van der Waals surface area contributed by atoms with Gasteiger partial charge in [-0.3, -0.25) is 13.9 Å². The van der Waals surface area contributed by atoms with Gasteiger partial charge in [-0.05, 0) is 37.1 Å². The van der Waals surface area contributed by atoms with E-state index >= 15 is 0 Å². The van der Waals surface area contributed by atoms with Gasteiger partial charge >= 0.3 is 0 Å². The van der Waals surface area contributed by atoms with Crippen LogP contribution in [0.3, 0.4) is 0 Å². The van der Waals surface area contributed by atoms with Crippen LogP contribution < -0.4 is 4.31 Å². The predicted molar refractivity (Wildman–Crippen MR) is 92.3 cm³/mol. The molecule has 0 bridgehead atoms. The van der Waals surface area contributed by atoms with Crippen molar-refractivity contribution in [3.63, 3.8) is 0 Å². The maximum absolute atomic E-state index is 12.5. The van der Waals surface area contributed by atoms with Crippen molar-refractivity contribution in [2.24, 2.45) is 0 Å². The summed E-state index contributed by atoms with van der Waals surface area (Å²) in [5.41, 5.74) is 2.51. The number of hydrogen-bond acceptors (Lipinski definition) is 4. The van der Waals surface area contributed by atoms with Crippen LogP contribution in [0.1, 0.15) is 11.1 Å². The summed E-state index contributed by atoms with van der Waals surface area (Å²) in [6, 6.07) is 5.32. The van der Waals surface area contributed by atoms with Crippen molar-refractivity contribution >= 4 is 28.0 Å². The Balaban J connectivity index is 2.16. The first kappa shape index (κ1) is 18.3. The van der Waals surface area contributed by atoms with Crippen molar-refractivity contribution < 1.29 is 18.0 Å². The van der Waals surface area contributed by atoms with Crippen LogP contribution >= 0.6 is 0 Å². The molecule has 0 atom stereocenters. The van der Waals surface area contributed by atoms with Gasteiger partial charge in [0.2, 0.25) is 22.3 Å². The molecule has 1 aromatic rings. The van der Waals surface area contributed by atoms with Crippen molar-refractivity contribution in [1.29, 1.82) is 0 Å². The average molecular weight is 353 g/mol. The van der Waals surface area contributed by atoms with Gasteiger partial charge in [-0.25, -0.2) is 8.42 Å². The zero-order chi connectivity index (χ0) is 17.9. The number of rotatable bonds is 5. The Labute approximate surface area is 142 Å². The Morgan fingerprint density at radius 3 is 2.29 bits per heavy atom. The molecule has 0 saturated carbocycles. The number of piperazine rings is 1. The molecule has 0 spiro atoms. The summed E-state index contributed by atoms with van der Waals surface area (Å²) in [5, 5.41) is 0. The topological polar surface area (TPSA) is 78.0 Å². The molecule has 2 amide bonds.